The zero-order chi connectivity index (χ0) is 14.2. The lowest BCUT2D eigenvalue weighted by atomic mass is 10.1. The maximum atomic E-state index is 13.3. The Morgan fingerprint density at radius 2 is 2.11 bits per heavy atom. The molecule has 0 bridgehead atoms. The fourth-order valence-electron chi connectivity index (χ4n) is 1.62. The molecule has 0 saturated heterocycles. The number of hydrogen-bond acceptors (Lipinski definition) is 3. The number of benzene rings is 1. The van der Waals surface area contributed by atoms with Crippen molar-refractivity contribution in [3.05, 3.63) is 46.4 Å². The number of rotatable bonds is 2. The normalized spacial score (nSPS) is 10.5. The molecule has 19 heavy (non-hydrogen) atoms. The Bertz CT molecular complexity index is 673. The standard InChI is InChI=1S/C13H9ClFNO3/c1-6-10(15)3-2-8(12(6)17)11-9(14)4-7(5-16-11)13(18)19/h2-5,17H,1H3,(H,18,19). The summed E-state index contributed by atoms with van der Waals surface area (Å²) in [4.78, 5) is 14.7. The molecule has 2 rings (SSSR count). The van der Waals surface area contributed by atoms with Gasteiger partial charge >= 0.3 is 5.97 Å². The SMILES string of the molecule is Cc1c(F)ccc(-c2ncc(C(=O)O)cc2Cl)c1O. The highest BCUT2D eigenvalue weighted by Gasteiger charge is 2.16. The van der Waals surface area contributed by atoms with Gasteiger partial charge in [-0.1, -0.05) is 11.6 Å². The number of halogens is 2. The summed E-state index contributed by atoms with van der Waals surface area (Å²) in [5, 5.41) is 18.8. The van der Waals surface area contributed by atoms with Gasteiger partial charge in [0, 0.05) is 17.3 Å². The summed E-state index contributed by atoms with van der Waals surface area (Å²) in [5.41, 5.74) is 0.470. The first-order chi connectivity index (χ1) is 8.91. The van der Waals surface area contributed by atoms with Crippen LogP contribution in [0.4, 0.5) is 4.39 Å². The van der Waals surface area contributed by atoms with Gasteiger partial charge in [-0.15, -0.1) is 0 Å². The number of phenols is 1. The van der Waals surface area contributed by atoms with Gasteiger partial charge in [0.25, 0.3) is 0 Å². The number of aromatic nitrogens is 1. The lowest BCUT2D eigenvalue weighted by molar-refractivity contribution is 0.0696. The summed E-state index contributed by atoms with van der Waals surface area (Å²) in [6.07, 6.45) is 1.13. The molecule has 98 valence electrons. The van der Waals surface area contributed by atoms with Crippen molar-refractivity contribution in [3.8, 4) is 17.0 Å². The molecule has 0 radical (unpaired) electrons. The van der Waals surface area contributed by atoms with Gasteiger partial charge in [-0.2, -0.15) is 0 Å². The maximum Gasteiger partial charge on any atom is 0.337 e. The Balaban J connectivity index is 2.60. The van der Waals surface area contributed by atoms with E-state index in [1.807, 2.05) is 0 Å². The molecule has 6 heteroatoms. The maximum absolute atomic E-state index is 13.3. The Morgan fingerprint density at radius 1 is 1.42 bits per heavy atom. The average Bonchev–Trinajstić information content (AvgIpc) is 2.37. The largest absolute Gasteiger partial charge is 0.507 e. The first kappa shape index (κ1) is 13.3. The zero-order valence-corrected chi connectivity index (χ0v) is 10.6. The van der Waals surface area contributed by atoms with Crippen LogP contribution in [0, 0.1) is 12.7 Å². The molecule has 0 fully saturated rings. The van der Waals surface area contributed by atoms with Crippen molar-refractivity contribution in [1.82, 2.24) is 4.98 Å². The van der Waals surface area contributed by atoms with Crippen molar-refractivity contribution >= 4 is 17.6 Å². The van der Waals surface area contributed by atoms with Crippen molar-refractivity contribution in [3.63, 3.8) is 0 Å². The lowest BCUT2D eigenvalue weighted by Gasteiger charge is -2.09. The van der Waals surface area contributed by atoms with Crippen molar-refractivity contribution < 1.29 is 19.4 Å². The molecule has 0 aliphatic carbocycles. The second-order valence-corrected chi connectivity index (χ2v) is 4.34. The fraction of sp³-hybridized carbons (Fsp3) is 0.0769. The molecule has 0 aliphatic heterocycles. The van der Waals surface area contributed by atoms with Crippen LogP contribution in [-0.2, 0) is 0 Å². The number of hydrogen-bond donors (Lipinski definition) is 2. The second kappa shape index (κ2) is 4.85. The van der Waals surface area contributed by atoms with Crippen LogP contribution in [0.15, 0.2) is 24.4 Å². The van der Waals surface area contributed by atoms with E-state index in [-0.39, 0.29) is 33.2 Å². The average molecular weight is 282 g/mol. The van der Waals surface area contributed by atoms with E-state index in [9.17, 15) is 14.3 Å². The van der Waals surface area contributed by atoms with Crippen LogP contribution in [0.3, 0.4) is 0 Å². The van der Waals surface area contributed by atoms with E-state index in [2.05, 4.69) is 4.98 Å². The molecule has 0 unspecified atom stereocenters. The minimum absolute atomic E-state index is 0.0629. The van der Waals surface area contributed by atoms with Crippen molar-refractivity contribution in [2.45, 2.75) is 6.92 Å². The van der Waals surface area contributed by atoms with Crippen LogP contribution < -0.4 is 0 Å². The van der Waals surface area contributed by atoms with Crippen LogP contribution in [0.5, 0.6) is 5.75 Å². The number of carbonyl (C=O) groups is 1. The van der Waals surface area contributed by atoms with E-state index < -0.39 is 11.8 Å². The molecule has 1 aromatic carbocycles. The smallest absolute Gasteiger partial charge is 0.337 e. The van der Waals surface area contributed by atoms with Gasteiger partial charge in [-0.3, -0.25) is 4.98 Å². The van der Waals surface area contributed by atoms with Crippen LogP contribution in [0.1, 0.15) is 15.9 Å². The minimum Gasteiger partial charge on any atom is -0.507 e. The van der Waals surface area contributed by atoms with Crippen molar-refractivity contribution in [2.24, 2.45) is 0 Å². The zero-order valence-electron chi connectivity index (χ0n) is 9.82. The highest BCUT2D eigenvalue weighted by atomic mass is 35.5. The van der Waals surface area contributed by atoms with Gasteiger partial charge in [-0.25, -0.2) is 9.18 Å². The van der Waals surface area contributed by atoms with Gasteiger partial charge in [0.2, 0.25) is 0 Å². The van der Waals surface area contributed by atoms with E-state index in [0.29, 0.717) is 0 Å². The monoisotopic (exact) mass is 281 g/mol. The quantitative estimate of drug-likeness (QED) is 0.886. The first-order valence-corrected chi connectivity index (χ1v) is 5.67. The summed E-state index contributed by atoms with van der Waals surface area (Å²) in [5.74, 6) is -1.96. The highest BCUT2D eigenvalue weighted by molar-refractivity contribution is 6.33. The fourth-order valence-corrected chi connectivity index (χ4v) is 1.89. The molecular formula is C13H9ClFNO3. The molecule has 4 nitrogen and oxygen atoms in total. The molecule has 0 saturated carbocycles. The summed E-state index contributed by atoms with van der Waals surface area (Å²) in [6.45, 7) is 1.42. The van der Waals surface area contributed by atoms with Gasteiger partial charge < -0.3 is 10.2 Å². The van der Waals surface area contributed by atoms with Gasteiger partial charge in [0.05, 0.1) is 16.3 Å². The van der Waals surface area contributed by atoms with Crippen LogP contribution in [-0.4, -0.2) is 21.2 Å². The minimum atomic E-state index is -1.15. The Labute approximate surface area is 113 Å². The van der Waals surface area contributed by atoms with Crippen molar-refractivity contribution in [1.29, 1.82) is 0 Å². The van der Waals surface area contributed by atoms with Gasteiger partial charge in [0.15, 0.2) is 0 Å². The number of carboxylic acid groups (broad SMARTS) is 1. The third-order valence-electron chi connectivity index (χ3n) is 2.71. The van der Waals surface area contributed by atoms with E-state index >= 15 is 0 Å². The Morgan fingerprint density at radius 3 is 2.68 bits per heavy atom. The Hall–Kier alpha value is -2.14. The molecular weight excluding hydrogens is 273 g/mol. The summed E-state index contributed by atoms with van der Waals surface area (Å²) in [6, 6.07) is 3.75. The second-order valence-electron chi connectivity index (χ2n) is 3.93. The molecule has 0 aliphatic rings. The highest BCUT2D eigenvalue weighted by Crippen LogP contribution is 2.35. The number of nitrogens with zero attached hydrogens (tertiary/aromatic N) is 1. The summed E-state index contributed by atoms with van der Waals surface area (Å²) >= 11 is 5.94. The predicted molar refractivity (Wildman–Crippen MR) is 68.0 cm³/mol. The van der Waals surface area contributed by atoms with Crippen LogP contribution in [0.2, 0.25) is 5.02 Å². The topological polar surface area (TPSA) is 70.4 Å². The predicted octanol–water partition coefficient (Wildman–Crippen LogP) is 3.25. The third kappa shape index (κ3) is 2.37. The van der Waals surface area contributed by atoms with Gasteiger partial charge in [-0.05, 0) is 25.1 Å². The molecule has 0 spiro atoms. The lowest BCUT2D eigenvalue weighted by Crippen LogP contribution is -1.98. The molecule has 0 amide bonds. The van der Waals surface area contributed by atoms with E-state index in [0.717, 1.165) is 6.20 Å². The van der Waals surface area contributed by atoms with Crippen LogP contribution in [0.25, 0.3) is 11.3 Å². The number of pyridine rings is 1. The van der Waals surface area contributed by atoms with E-state index in [1.165, 1.54) is 25.1 Å². The Kier molecular flexibility index (Phi) is 3.40. The number of carboxylic acids is 1. The number of phenolic OH excluding ortho intramolecular Hbond substituents is 1. The molecule has 1 heterocycles. The molecule has 2 N–H and O–H groups in total. The third-order valence-corrected chi connectivity index (χ3v) is 3.00. The van der Waals surface area contributed by atoms with E-state index in [1.54, 1.807) is 0 Å². The molecule has 2 aromatic rings. The number of aromatic carboxylic acids is 1. The molecule has 0 atom stereocenters. The number of aromatic hydroxyl groups is 1. The van der Waals surface area contributed by atoms with Gasteiger partial charge in [0.1, 0.15) is 11.6 Å². The molecule has 1 aromatic heterocycles. The first-order valence-electron chi connectivity index (χ1n) is 5.29. The van der Waals surface area contributed by atoms with Crippen molar-refractivity contribution in [2.75, 3.05) is 0 Å². The van der Waals surface area contributed by atoms with Crippen LogP contribution >= 0.6 is 11.6 Å². The van der Waals surface area contributed by atoms with E-state index in [4.69, 9.17) is 16.7 Å². The summed E-state index contributed by atoms with van der Waals surface area (Å²) < 4.78 is 13.3. The summed E-state index contributed by atoms with van der Waals surface area (Å²) in [7, 11) is 0.